The number of ether oxygens (including phenoxy) is 1. The van der Waals surface area contributed by atoms with E-state index < -0.39 is 0 Å². The minimum Gasteiger partial charge on any atom is -0.489 e. The first-order valence-corrected chi connectivity index (χ1v) is 8.39. The fourth-order valence-electron chi connectivity index (χ4n) is 3.43. The van der Waals surface area contributed by atoms with Gasteiger partial charge in [0, 0.05) is 5.69 Å². The van der Waals surface area contributed by atoms with Crippen molar-refractivity contribution in [1.82, 2.24) is 9.88 Å². The average molecular weight is 290 g/mol. The molecule has 1 aromatic rings. The Labute approximate surface area is 129 Å². The van der Waals surface area contributed by atoms with Crippen LogP contribution in [0.5, 0.6) is 5.75 Å². The highest BCUT2D eigenvalue weighted by molar-refractivity contribution is 5.35. The highest BCUT2D eigenvalue weighted by atomic mass is 16.5. The Balaban J connectivity index is 0.000000774. The van der Waals surface area contributed by atoms with Crippen LogP contribution < -0.4 is 4.74 Å². The van der Waals surface area contributed by atoms with Gasteiger partial charge >= 0.3 is 0 Å². The van der Waals surface area contributed by atoms with Crippen LogP contribution >= 0.6 is 0 Å². The first-order valence-electron chi connectivity index (χ1n) is 8.39. The summed E-state index contributed by atoms with van der Waals surface area (Å²) in [5.74, 6) is 0.929. The van der Waals surface area contributed by atoms with Crippen LogP contribution in [0.25, 0.3) is 0 Å². The fraction of sp³-hybridized carbons (Fsp3) is 0.722. The molecule has 21 heavy (non-hydrogen) atoms. The van der Waals surface area contributed by atoms with Gasteiger partial charge in [-0.2, -0.15) is 0 Å². The standard InChI is InChI=1S/C16H24N2O.C2H6/c1-12(2)19-14-8-13-9-16(10-15(13)17-11-14)4-6-18(3)7-5-16;1-2/h8,11-12H,4-7,9-10H2,1-3H3;1-2H3. The van der Waals surface area contributed by atoms with Crippen molar-refractivity contribution < 1.29 is 4.74 Å². The second-order valence-electron chi connectivity index (χ2n) is 6.60. The summed E-state index contributed by atoms with van der Waals surface area (Å²) < 4.78 is 5.76. The molecule has 1 fully saturated rings. The number of likely N-dealkylation sites (tertiary alicyclic amines) is 1. The van der Waals surface area contributed by atoms with Crippen molar-refractivity contribution in [2.45, 2.75) is 59.5 Å². The van der Waals surface area contributed by atoms with E-state index in [4.69, 9.17) is 4.74 Å². The molecule has 0 saturated carbocycles. The first kappa shape index (κ1) is 16.3. The van der Waals surface area contributed by atoms with Gasteiger partial charge in [-0.1, -0.05) is 13.8 Å². The van der Waals surface area contributed by atoms with Crippen LogP contribution in [0.15, 0.2) is 12.3 Å². The molecule has 0 radical (unpaired) electrons. The zero-order chi connectivity index (χ0) is 15.5. The molecule has 0 amide bonds. The molecular formula is C18H30N2O. The van der Waals surface area contributed by atoms with Crippen molar-refractivity contribution in [3.63, 3.8) is 0 Å². The summed E-state index contributed by atoms with van der Waals surface area (Å²) in [6.45, 7) is 10.6. The number of rotatable bonds is 2. The normalized spacial score (nSPS) is 20.1. The summed E-state index contributed by atoms with van der Waals surface area (Å²) in [6.07, 6.45) is 7.09. The Kier molecular flexibility index (Phi) is 5.26. The molecule has 3 nitrogen and oxygen atoms in total. The van der Waals surface area contributed by atoms with Crippen LogP contribution in [0.3, 0.4) is 0 Å². The van der Waals surface area contributed by atoms with Crippen molar-refractivity contribution >= 4 is 0 Å². The maximum absolute atomic E-state index is 5.76. The van der Waals surface area contributed by atoms with E-state index >= 15 is 0 Å². The van der Waals surface area contributed by atoms with Gasteiger partial charge in [0.2, 0.25) is 0 Å². The molecule has 1 spiro atoms. The number of hydrogen-bond acceptors (Lipinski definition) is 3. The Morgan fingerprint density at radius 1 is 1.19 bits per heavy atom. The number of fused-ring (bicyclic) bond motifs is 1. The maximum Gasteiger partial charge on any atom is 0.138 e. The van der Waals surface area contributed by atoms with E-state index in [0.717, 1.165) is 12.2 Å². The Bertz CT molecular complexity index is 462. The Morgan fingerprint density at radius 3 is 2.48 bits per heavy atom. The monoisotopic (exact) mass is 290 g/mol. The number of piperidine rings is 1. The van der Waals surface area contributed by atoms with Crippen LogP contribution in [-0.4, -0.2) is 36.1 Å². The van der Waals surface area contributed by atoms with Crippen molar-refractivity contribution in [2.24, 2.45) is 5.41 Å². The predicted octanol–water partition coefficient (Wildman–Crippen LogP) is 3.71. The lowest BCUT2D eigenvalue weighted by Crippen LogP contribution is -2.38. The lowest BCUT2D eigenvalue weighted by molar-refractivity contribution is 0.131. The molecule has 118 valence electrons. The van der Waals surface area contributed by atoms with Gasteiger partial charge in [0.25, 0.3) is 0 Å². The van der Waals surface area contributed by atoms with Crippen LogP contribution in [0.4, 0.5) is 0 Å². The Morgan fingerprint density at radius 2 is 1.86 bits per heavy atom. The molecule has 1 aliphatic carbocycles. The number of nitrogens with zero attached hydrogens (tertiary/aromatic N) is 2. The van der Waals surface area contributed by atoms with Gasteiger partial charge < -0.3 is 9.64 Å². The van der Waals surface area contributed by atoms with Crippen molar-refractivity contribution in [3.8, 4) is 5.75 Å². The van der Waals surface area contributed by atoms with E-state index in [2.05, 4.69) is 36.8 Å². The molecule has 0 N–H and O–H groups in total. The van der Waals surface area contributed by atoms with Gasteiger partial charge in [-0.05, 0) is 76.7 Å². The molecule has 3 heteroatoms. The number of hydrogen-bond donors (Lipinski definition) is 0. The lowest BCUT2D eigenvalue weighted by Gasteiger charge is -2.37. The molecule has 2 heterocycles. The third kappa shape index (κ3) is 3.76. The summed E-state index contributed by atoms with van der Waals surface area (Å²) in [5.41, 5.74) is 3.21. The summed E-state index contributed by atoms with van der Waals surface area (Å²) in [5, 5.41) is 0. The molecule has 3 rings (SSSR count). The summed E-state index contributed by atoms with van der Waals surface area (Å²) >= 11 is 0. The van der Waals surface area contributed by atoms with Crippen LogP contribution in [0.2, 0.25) is 0 Å². The van der Waals surface area contributed by atoms with Gasteiger partial charge in [-0.25, -0.2) is 0 Å². The fourth-order valence-corrected chi connectivity index (χ4v) is 3.43. The minimum atomic E-state index is 0.221. The van der Waals surface area contributed by atoms with E-state index in [0.29, 0.717) is 5.41 Å². The molecule has 0 aromatic carbocycles. The SMILES string of the molecule is CC.CC(C)Oc1cnc2c(c1)CC1(CCN(C)CC1)C2. The zero-order valence-corrected chi connectivity index (χ0v) is 14.3. The topological polar surface area (TPSA) is 25.4 Å². The minimum absolute atomic E-state index is 0.221. The van der Waals surface area contributed by atoms with E-state index in [9.17, 15) is 0 Å². The van der Waals surface area contributed by atoms with Crippen molar-refractivity contribution in [1.29, 1.82) is 0 Å². The molecule has 1 saturated heterocycles. The number of pyridine rings is 1. The Hall–Kier alpha value is -1.09. The molecule has 0 atom stereocenters. The summed E-state index contributed by atoms with van der Waals surface area (Å²) in [4.78, 5) is 7.08. The van der Waals surface area contributed by atoms with E-state index in [-0.39, 0.29) is 6.10 Å². The first-order chi connectivity index (χ1) is 10.1. The van der Waals surface area contributed by atoms with Crippen LogP contribution in [-0.2, 0) is 12.8 Å². The predicted molar refractivity (Wildman–Crippen MR) is 87.9 cm³/mol. The van der Waals surface area contributed by atoms with E-state index in [1.807, 2.05) is 20.0 Å². The second-order valence-corrected chi connectivity index (χ2v) is 6.60. The molecule has 1 aliphatic heterocycles. The third-order valence-electron chi connectivity index (χ3n) is 4.56. The summed E-state index contributed by atoms with van der Waals surface area (Å²) in [7, 11) is 2.22. The highest BCUT2D eigenvalue weighted by Crippen LogP contribution is 2.44. The van der Waals surface area contributed by atoms with Crippen LogP contribution in [0.1, 0.15) is 51.8 Å². The maximum atomic E-state index is 5.76. The third-order valence-corrected chi connectivity index (χ3v) is 4.56. The quantitative estimate of drug-likeness (QED) is 0.830. The van der Waals surface area contributed by atoms with Gasteiger partial charge in [-0.15, -0.1) is 0 Å². The van der Waals surface area contributed by atoms with Crippen molar-refractivity contribution in [2.75, 3.05) is 20.1 Å². The highest BCUT2D eigenvalue weighted by Gasteiger charge is 2.40. The smallest absolute Gasteiger partial charge is 0.138 e. The lowest BCUT2D eigenvalue weighted by atomic mass is 9.76. The molecule has 1 aromatic heterocycles. The largest absolute Gasteiger partial charge is 0.489 e. The molecule has 0 bridgehead atoms. The summed E-state index contributed by atoms with van der Waals surface area (Å²) in [6, 6.07) is 2.22. The molecular weight excluding hydrogens is 260 g/mol. The van der Waals surface area contributed by atoms with E-state index in [1.165, 1.54) is 43.6 Å². The number of aromatic nitrogens is 1. The molecule has 0 unspecified atom stereocenters. The van der Waals surface area contributed by atoms with Gasteiger partial charge in [0.05, 0.1) is 12.3 Å². The molecule has 2 aliphatic rings. The van der Waals surface area contributed by atoms with Gasteiger partial charge in [-0.3, -0.25) is 4.98 Å². The second kappa shape index (κ2) is 6.78. The van der Waals surface area contributed by atoms with Gasteiger partial charge in [0.15, 0.2) is 0 Å². The van der Waals surface area contributed by atoms with Gasteiger partial charge in [0.1, 0.15) is 5.75 Å². The zero-order valence-electron chi connectivity index (χ0n) is 14.3. The van der Waals surface area contributed by atoms with E-state index in [1.54, 1.807) is 0 Å². The van der Waals surface area contributed by atoms with Crippen molar-refractivity contribution in [3.05, 3.63) is 23.5 Å². The average Bonchev–Trinajstić information content (AvgIpc) is 2.81. The van der Waals surface area contributed by atoms with Crippen LogP contribution in [0, 0.1) is 5.41 Å².